The van der Waals surface area contributed by atoms with Gasteiger partial charge >= 0.3 is 17.9 Å². The van der Waals surface area contributed by atoms with Gasteiger partial charge in [-0.3, -0.25) is 14.5 Å². The summed E-state index contributed by atoms with van der Waals surface area (Å²) in [6.07, 6.45) is 4.36. The van der Waals surface area contributed by atoms with E-state index in [1.807, 2.05) is 55.3 Å². The van der Waals surface area contributed by atoms with E-state index >= 15 is 13.6 Å². The molecule has 0 radical (unpaired) electrons. The number of H-pyrrole nitrogens is 1. The van der Waals surface area contributed by atoms with E-state index in [0.29, 0.717) is 81.2 Å². The third kappa shape index (κ3) is 6.51. The lowest BCUT2D eigenvalue weighted by atomic mass is 9.47. The molecule has 1 aliphatic carbocycles. The largest absolute Gasteiger partial charge is 0.496 e. The summed E-state index contributed by atoms with van der Waals surface area (Å²) in [4.78, 5) is 53.1. The molecule has 9 rings (SSSR count). The highest BCUT2D eigenvalue weighted by atomic mass is 19.3. The molecule has 352 valence electrons. The van der Waals surface area contributed by atoms with Gasteiger partial charge in [-0.25, -0.2) is 13.6 Å². The number of benzene rings is 2. The number of aromatic amines is 1. The van der Waals surface area contributed by atoms with Gasteiger partial charge in [0.05, 0.1) is 34.0 Å². The molecular formula is C49H63F2N5O9. The molecule has 5 aliphatic heterocycles. The molecule has 1 spiro atoms. The van der Waals surface area contributed by atoms with Crippen molar-refractivity contribution in [2.75, 3.05) is 79.2 Å². The van der Waals surface area contributed by atoms with Crippen LogP contribution in [0.25, 0.3) is 10.9 Å². The van der Waals surface area contributed by atoms with Crippen LogP contribution in [0.5, 0.6) is 5.75 Å². The van der Waals surface area contributed by atoms with E-state index in [1.165, 1.54) is 28.3 Å². The zero-order valence-electron chi connectivity index (χ0n) is 38.5. The number of fused-ring (bicyclic) bond motifs is 6. The van der Waals surface area contributed by atoms with Crippen LogP contribution in [0.1, 0.15) is 74.4 Å². The summed E-state index contributed by atoms with van der Waals surface area (Å²) in [5, 5.41) is 27.0. The van der Waals surface area contributed by atoms with Crippen LogP contribution in [0.4, 0.5) is 14.5 Å². The van der Waals surface area contributed by atoms with Crippen molar-refractivity contribution in [3.63, 3.8) is 0 Å². The number of anilines is 1. The number of nitrogens with one attached hydrogen (secondary N) is 2. The second-order valence-electron chi connectivity index (χ2n) is 19.6. The highest BCUT2D eigenvalue weighted by Crippen LogP contribution is 2.68. The van der Waals surface area contributed by atoms with Gasteiger partial charge in [-0.15, -0.1) is 0 Å². The molecule has 16 heteroatoms. The van der Waals surface area contributed by atoms with E-state index in [2.05, 4.69) is 26.2 Å². The molecule has 6 heterocycles. The monoisotopic (exact) mass is 903 g/mol. The number of likely N-dealkylation sites (N-methyl/N-ethyl adjacent to an activating group) is 1. The molecule has 3 aromatic rings. The van der Waals surface area contributed by atoms with Crippen LogP contribution in [0.15, 0.2) is 42.5 Å². The fourth-order valence-corrected chi connectivity index (χ4v) is 13.9. The Morgan fingerprint density at radius 1 is 1.03 bits per heavy atom. The standard InChI is InChI=1S/C49H63F2N5O9/c1-8-46-13-9-16-56-18-14-47(40(46)56)34-22-35(38(62-5)23-37(34)54(4)41(47)49(61,44(60)64-7)42(46)65-28(2)58)48(43(59)63-6)24-30-20-31(45(3,50)51)27-55(26-30)17-12-32-33-21-29(25-52-15-19-57)10-11-36(33)53-39(32)48/h9-11,13,21-23,30-31,40-42,52-53,57,61H,8,12,14-20,24-27H2,1-7H3/t30?,31?,40?,41?,42-,46-,47?,48-,49+/m0/s1. The summed E-state index contributed by atoms with van der Waals surface area (Å²) in [5.41, 5.74) is -0.877. The van der Waals surface area contributed by atoms with E-state index in [0.717, 1.165) is 34.5 Å². The first-order chi connectivity index (χ1) is 31.0. The number of aromatic nitrogens is 1. The van der Waals surface area contributed by atoms with Crippen LogP contribution < -0.4 is 15.0 Å². The Morgan fingerprint density at radius 3 is 2.48 bits per heavy atom. The van der Waals surface area contributed by atoms with Crippen LogP contribution >= 0.6 is 0 Å². The Morgan fingerprint density at radius 2 is 1.80 bits per heavy atom. The van der Waals surface area contributed by atoms with Gasteiger partial charge in [0, 0.05) is 110 Å². The van der Waals surface area contributed by atoms with Gasteiger partial charge in [0.2, 0.25) is 11.5 Å². The predicted molar refractivity (Wildman–Crippen MR) is 238 cm³/mol. The van der Waals surface area contributed by atoms with Gasteiger partial charge in [-0.05, 0) is 86.4 Å². The van der Waals surface area contributed by atoms with Gasteiger partial charge in [0.1, 0.15) is 11.2 Å². The number of esters is 3. The molecule has 65 heavy (non-hydrogen) atoms. The van der Waals surface area contributed by atoms with Crippen molar-refractivity contribution in [3.05, 3.63) is 70.4 Å². The molecular weight excluding hydrogens is 841 g/mol. The van der Waals surface area contributed by atoms with Gasteiger partial charge in [-0.1, -0.05) is 25.1 Å². The SMILES string of the molecule is CC[C@@]12C=CCN3CCC4(c5cc([C@@]6(C(=O)OC)CC7CC(C(C)(F)F)CN(CCc8c6[nH]c6ccc(CNCCO)cc86)C7)c(OC)cc5N(C)C4[C@](O)(C(=O)OC)[C@H]1OC(C)=O)C32. The van der Waals surface area contributed by atoms with Crippen molar-refractivity contribution in [1.82, 2.24) is 20.1 Å². The molecule has 6 aliphatic rings. The summed E-state index contributed by atoms with van der Waals surface area (Å²) in [6, 6.07) is 8.56. The molecule has 10 atom stereocenters. The molecule has 3 fully saturated rings. The number of ether oxygens (including phenoxy) is 4. The van der Waals surface area contributed by atoms with E-state index in [4.69, 9.17) is 18.9 Å². The van der Waals surface area contributed by atoms with Crippen LogP contribution in [0.2, 0.25) is 0 Å². The highest BCUT2D eigenvalue weighted by molar-refractivity contribution is 5.95. The Labute approximate surface area is 378 Å². The number of methoxy groups -OCH3 is 3. The number of rotatable bonds is 11. The quantitative estimate of drug-likeness (QED) is 0.0938. The first-order valence-electron chi connectivity index (χ1n) is 23.0. The predicted octanol–water partition coefficient (Wildman–Crippen LogP) is 4.20. The second-order valence-corrected chi connectivity index (χ2v) is 19.6. The summed E-state index contributed by atoms with van der Waals surface area (Å²) >= 11 is 0. The van der Waals surface area contributed by atoms with Gasteiger partial charge in [0.25, 0.3) is 0 Å². The van der Waals surface area contributed by atoms with Crippen LogP contribution in [0, 0.1) is 17.3 Å². The smallest absolute Gasteiger partial charge is 0.344 e. The number of piperidine rings is 1. The summed E-state index contributed by atoms with van der Waals surface area (Å²) in [7, 11) is 5.93. The van der Waals surface area contributed by atoms with Crippen LogP contribution in [-0.2, 0) is 52.4 Å². The molecule has 6 unspecified atom stereocenters. The average Bonchev–Trinajstić information content (AvgIpc) is 3.94. The maximum absolute atomic E-state index is 15.5. The first kappa shape index (κ1) is 45.5. The number of hydrogen-bond acceptors (Lipinski definition) is 13. The fraction of sp³-hybridized carbons (Fsp3) is 0.612. The van der Waals surface area contributed by atoms with Crippen molar-refractivity contribution in [2.24, 2.45) is 17.3 Å². The second kappa shape index (κ2) is 16.3. The molecule has 2 aromatic carbocycles. The zero-order chi connectivity index (χ0) is 46.4. The Kier molecular flexibility index (Phi) is 11.4. The Hall–Kier alpha value is -4.61. The number of aliphatic hydroxyl groups is 2. The lowest BCUT2D eigenvalue weighted by Gasteiger charge is -2.63. The molecule has 0 amide bonds. The molecule has 2 saturated heterocycles. The molecule has 14 nitrogen and oxygen atoms in total. The zero-order valence-corrected chi connectivity index (χ0v) is 38.5. The molecule has 1 saturated carbocycles. The average molecular weight is 904 g/mol. The number of hydrogen-bond donors (Lipinski definition) is 4. The Bertz CT molecular complexity index is 2420. The Balaban J connectivity index is 1.34. The summed E-state index contributed by atoms with van der Waals surface area (Å²) in [5.74, 6) is -6.08. The maximum Gasteiger partial charge on any atom is 0.344 e. The number of carbonyl (C=O) groups excluding carboxylic acids is 3. The van der Waals surface area contributed by atoms with Crippen molar-refractivity contribution < 1.29 is 52.3 Å². The number of aliphatic hydroxyl groups excluding tert-OH is 1. The third-order valence-corrected chi connectivity index (χ3v) is 16.3. The van der Waals surface area contributed by atoms with Gasteiger partial charge < -0.3 is 49.3 Å². The summed E-state index contributed by atoms with van der Waals surface area (Å²) in [6.45, 7) is 7.54. The summed E-state index contributed by atoms with van der Waals surface area (Å²) < 4.78 is 54.9. The number of carbonyl (C=O) groups is 3. The minimum Gasteiger partial charge on any atom is -0.496 e. The lowest BCUT2D eigenvalue weighted by Crippen LogP contribution is -2.81. The van der Waals surface area contributed by atoms with E-state index in [9.17, 15) is 19.8 Å². The van der Waals surface area contributed by atoms with Gasteiger partial charge in [-0.2, -0.15) is 0 Å². The van der Waals surface area contributed by atoms with Crippen molar-refractivity contribution >= 4 is 34.5 Å². The molecule has 2 bridgehead atoms. The molecule has 4 N–H and O–H groups in total. The van der Waals surface area contributed by atoms with Crippen molar-refractivity contribution in [2.45, 2.75) is 100.0 Å². The lowest BCUT2D eigenvalue weighted by molar-refractivity contribution is -0.228. The number of halogens is 2. The van der Waals surface area contributed by atoms with E-state index in [1.54, 1.807) is 0 Å². The normalized spacial score (nSPS) is 33.8. The maximum atomic E-state index is 15.5. The van der Waals surface area contributed by atoms with Crippen LogP contribution in [0.3, 0.4) is 0 Å². The fourth-order valence-electron chi connectivity index (χ4n) is 13.9. The van der Waals surface area contributed by atoms with E-state index < -0.39 is 63.7 Å². The topological polar surface area (TPSA) is 166 Å². The molecule has 1 aromatic heterocycles. The first-order valence-corrected chi connectivity index (χ1v) is 23.0. The van der Waals surface area contributed by atoms with Crippen molar-refractivity contribution in [3.8, 4) is 5.75 Å². The minimum absolute atomic E-state index is 0.0116. The number of alkyl halides is 2. The highest BCUT2D eigenvalue weighted by Gasteiger charge is 2.80. The van der Waals surface area contributed by atoms with Gasteiger partial charge in [0.15, 0.2) is 6.10 Å². The number of nitrogens with zero attached hydrogens (tertiary/aromatic N) is 3. The van der Waals surface area contributed by atoms with Crippen molar-refractivity contribution in [1.29, 1.82) is 0 Å². The van der Waals surface area contributed by atoms with E-state index in [-0.39, 0.29) is 38.0 Å². The third-order valence-electron chi connectivity index (χ3n) is 16.3. The minimum atomic E-state index is -2.96. The van der Waals surface area contributed by atoms with Crippen LogP contribution in [-0.4, -0.2) is 147 Å².